The van der Waals surface area contributed by atoms with Crippen molar-refractivity contribution in [3.8, 4) is 0 Å². The summed E-state index contributed by atoms with van der Waals surface area (Å²) in [6.45, 7) is 7.15. The van der Waals surface area contributed by atoms with E-state index in [1.807, 2.05) is 24.1 Å². The summed E-state index contributed by atoms with van der Waals surface area (Å²) in [5, 5.41) is 7.67. The van der Waals surface area contributed by atoms with Gasteiger partial charge in [-0.3, -0.25) is 9.48 Å². The van der Waals surface area contributed by atoms with E-state index in [0.29, 0.717) is 0 Å². The number of nitrogens with one attached hydrogen (secondary N) is 1. The summed E-state index contributed by atoms with van der Waals surface area (Å²) in [4.78, 5) is 17.6. The van der Waals surface area contributed by atoms with Crippen LogP contribution in [0.3, 0.4) is 0 Å². The van der Waals surface area contributed by atoms with Crippen LogP contribution in [-0.2, 0) is 11.8 Å². The van der Waals surface area contributed by atoms with Gasteiger partial charge in [0.25, 0.3) is 0 Å². The molecular weight excluding hydrogens is 326 g/mol. The van der Waals surface area contributed by atoms with E-state index >= 15 is 0 Å². The summed E-state index contributed by atoms with van der Waals surface area (Å²) in [5.41, 5.74) is 3.74. The summed E-state index contributed by atoms with van der Waals surface area (Å²) in [5.74, 6) is 0.531. The molecule has 2 aromatic rings. The molecule has 0 radical (unpaired) electrons. The van der Waals surface area contributed by atoms with Crippen LogP contribution in [-0.4, -0.2) is 59.9 Å². The van der Waals surface area contributed by atoms with Crippen LogP contribution >= 0.6 is 0 Å². The number of hydrogen-bond donors (Lipinski definition) is 1. The maximum Gasteiger partial charge on any atom is 0.227 e. The third-order valence-electron chi connectivity index (χ3n) is 5.73. The molecule has 26 heavy (non-hydrogen) atoms. The minimum atomic E-state index is 0.0178. The van der Waals surface area contributed by atoms with Gasteiger partial charge in [0.15, 0.2) is 0 Å². The number of rotatable bonds is 3. The zero-order valence-corrected chi connectivity index (χ0v) is 15.6. The lowest BCUT2D eigenvalue weighted by Crippen LogP contribution is -2.51. The Hall–Kier alpha value is -2.34. The number of hydrogen-bond acceptors (Lipinski definition) is 4. The van der Waals surface area contributed by atoms with E-state index in [-0.39, 0.29) is 17.7 Å². The van der Waals surface area contributed by atoms with Gasteiger partial charge in [0, 0.05) is 64.1 Å². The highest BCUT2D eigenvalue weighted by Gasteiger charge is 2.37. The van der Waals surface area contributed by atoms with Gasteiger partial charge in [-0.2, -0.15) is 5.10 Å². The molecule has 0 spiro atoms. The number of anilines is 1. The Morgan fingerprint density at radius 1 is 1.15 bits per heavy atom. The zero-order chi connectivity index (χ0) is 18.1. The van der Waals surface area contributed by atoms with E-state index in [9.17, 15) is 4.79 Å². The van der Waals surface area contributed by atoms with Gasteiger partial charge in [-0.25, -0.2) is 0 Å². The molecule has 1 aromatic heterocycles. The Kier molecular flexibility index (Phi) is 4.68. The number of carbonyl (C=O) groups is 1. The predicted molar refractivity (Wildman–Crippen MR) is 102 cm³/mol. The highest BCUT2D eigenvalue weighted by Crippen LogP contribution is 2.30. The summed E-state index contributed by atoms with van der Waals surface area (Å²) >= 11 is 0. The van der Waals surface area contributed by atoms with E-state index in [2.05, 4.69) is 51.4 Å². The largest absolute Gasteiger partial charge is 0.368 e. The molecule has 1 aromatic carbocycles. The van der Waals surface area contributed by atoms with E-state index in [4.69, 9.17) is 0 Å². The molecule has 2 saturated heterocycles. The number of carbonyl (C=O) groups excluding carboxylic acids is 1. The van der Waals surface area contributed by atoms with Crippen LogP contribution in [0.15, 0.2) is 36.7 Å². The number of piperazine rings is 1. The number of para-hydroxylation sites is 1. The zero-order valence-electron chi connectivity index (χ0n) is 15.6. The predicted octanol–water partition coefficient (Wildman–Crippen LogP) is 1.38. The summed E-state index contributed by atoms with van der Waals surface area (Å²) in [6.07, 6.45) is 3.93. The van der Waals surface area contributed by atoms with Crippen molar-refractivity contribution >= 4 is 11.6 Å². The van der Waals surface area contributed by atoms with Crippen LogP contribution in [0.1, 0.15) is 17.0 Å². The maximum atomic E-state index is 13.1. The second kappa shape index (κ2) is 7.11. The average Bonchev–Trinajstić information content (AvgIpc) is 3.30. The second-order valence-corrected chi connectivity index (χ2v) is 7.42. The first-order valence-electron chi connectivity index (χ1n) is 9.42. The van der Waals surface area contributed by atoms with Crippen molar-refractivity contribution in [2.75, 3.05) is 44.2 Å². The van der Waals surface area contributed by atoms with Gasteiger partial charge in [-0.1, -0.05) is 18.2 Å². The molecule has 6 nitrogen and oxygen atoms in total. The summed E-state index contributed by atoms with van der Waals surface area (Å²) in [7, 11) is 1.92. The smallest absolute Gasteiger partial charge is 0.227 e. The van der Waals surface area contributed by atoms with Crippen LogP contribution in [0.25, 0.3) is 0 Å². The molecule has 0 saturated carbocycles. The van der Waals surface area contributed by atoms with Gasteiger partial charge >= 0.3 is 0 Å². The molecule has 0 aliphatic carbocycles. The maximum absolute atomic E-state index is 13.1. The molecule has 2 fully saturated rings. The van der Waals surface area contributed by atoms with Crippen molar-refractivity contribution in [3.63, 3.8) is 0 Å². The number of benzene rings is 1. The van der Waals surface area contributed by atoms with E-state index in [1.165, 1.54) is 11.3 Å². The first-order valence-corrected chi connectivity index (χ1v) is 9.42. The van der Waals surface area contributed by atoms with E-state index in [1.54, 1.807) is 0 Å². The van der Waals surface area contributed by atoms with Gasteiger partial charge in [0.2, 0.25) is 5.91 Å². The Morgan fingerprint density at radius 2 is 1.92 bits per heavy atom. The monoisotopic (exact) mass is 353 g/mol. The molecule has 1 amide bonds. The highest BCUT2D eigenvalue weighted by atomic mass is 16.2. The third kappa shape index (κ3) is 3.21. The molecule has 0 unspecified atom stereocenters. The second-order valence-electron chi connectivity index (χ2n) is 7.42. The van der Waals surface area contributed by atoms with Crippen LogP contribution < -0.4 is 10.2 Å². The number of amides is 1. The average molecular weight is 353 g/mol. The SMILES string of the molecule is Cc1ccccc1N1CCN(C(=O)[C@H]2CNC[C@@H]2c2cnn(C)c2)CC1. The lowest BCUT2D eigenvalue weighted by atomic mass is 9.89. The molecule has 1 N–H and O–H groups in total. The summed E-state index contributed by atoms with van der Waals surface area (Å²) < 4.78 is 1.82. The van der Waals surface area contributed by atoms with Gasteiger partial charge in [-0.15, -0.1) is 0 Å². The number of nitrogens with zero attached hydrogens (tertiary/aromatic N) is 4. The number of aromatic nitrogens is 2. The Morgan fingerprint density at radius 3 is 2.62 bits per heavy atom. The van der Waals surface area contributed by atoms with Gasteiger partial charge < -0.3 is 15.1 Å². The highest BCUT2D eigenvalue weighted by molar-refractivity contribution is 5.81. The van der Waals surface area contributed by atoms with Crippen LogP contribution in [0.2, 0.25) is 0 Å². The van der Waals surface area contributed by atoms with Crippen LogP contribution in [0.5, 0.6) is 0 Å². The molecule has 0 bridgehead atoms. The van der Waals surface area contributed by atoms with Crippen molar-refractivity contribution < 1.29 is 4.79 Å². The molecule has 6 heteroatoms. The van der Waals surface area contributed by atoms with Crippen LogP contribution in [0.4, 0.5) is 5.69 Å². The Labute approximate surface area is 154 Å². The van der Waals surface area contributed by atoms with Crippen molar-refractivity contribution in [2.24, 2.45) is 13.0 Å². The molecular formula is C20H27N5O. The molecule has 138 valence electrons. The van der Waals surface area contributed by atoms with Gasteiger partial charge in [0.1, 0.15) is 0 Å². The molecule has 4 rings (SSSR count). The van der Waals surface area contributed by atoms with Gasteiger partial charge in [0.05, 0.1) is 12.1 Å². The first-order chi connectivity index (χ1) is 12.6. The van der Waals surface area contributed by atoms with Crippen molar-refractivity contribution in [2.45, 2.75) is 12.8 Å². The van der Waals surface area contributed by atoms with E-state index in [0.717, 1.165) is 44.8 Å². The fourth-order valence-electron chi connectivity index (χ4n) is 4.24. The first kappa shape index (κ1) is 17.1. The molecule has 3 heterocycles. The molecule has 2 aliphatic rings. The number of aryl methyl sites for hydroxylation is 2. The van der Waals surface area contributed by atoms with Crippen molar-refractivity contribution in [1.29, 1.82) is 0 Å². The fourth-order valence-corrected chi connectivity index (χ4v) is 4.24. The minimum absolute atomic E-state index is 0.0178. The van der Waals surface area contributed by atoms with E-state index < -0.39 is 0 Å². The van der Waals surface area contributed by atoms with Crippen LogP contribution in [0, 0.1) is 12.8 Å². The topological polar surface area (TPSA) is 53.4 Å². The van der Waals surface area contributed by atoms with Crippen molar-refractivity contribution in [1.82, 2.24) is 20.0 Å². The lowest BCUT2D eigenvalue weighted by Gasteiger charge is -2.38. The fraction of sp³-hybridized carbons (Fsp3) is 0.500. The molecule has 2 atom stereocenters. The Bertz CT molecular complexity index is 778. The quantitative estimate of drug-likeness (QED) is 0.906. The molecule has 2 aliphatic heterocycles. The van der Waals surface area contributed by atoms with Crippen molar-refractivity contribution in [3.05, 3.63) is 47.8 Å². The standard InChI is InChI=1S/C20H27N5O/c1-15-5-3-4-6-19(15)24-7-9-25(10-8-24)20(26)18-13-21-12-17(18)16-11-22-23(2)14-16/h3-6,11,14,17-18,21H,7-10,12-13H2,1-2H3/t17-,18+/m1/s1. The third-order valence-corrected chi connectivity index (χ3v) is 5.73. The van der Waals surface area contributed by atoms with Gasteiger partial charge in [-0.05, 0) is 24.1 Å². The minimum Gasteiger partial charge on any atom is -0.368 e. The summed E-state index contributed by atoms with van der Waals surface area (Å²) in [6, 6.07) is 8.48. The Balaban J connectivity index is 1.41. The lowest BCUT2D eigenvalue weighted by molar-refractivity contribution is -0.135. The normalized spacial score (nSPS) is 23.5.